The molecule has 21 heavy (non-hydrogen) atoms. The minimum Gasteiger partial charge on any atom is -0.399 e. The van der Waals surface area contributed by atoms with Crippen LogP contribution in [0.1, 0.15) is 38.5 Å². The van der Waals surface area contributed by atoms with Crippen molar-refractivity contribution >= 4 is 17.3 Å². The second-order valence-corrected chi connectivity index (χ2v) is 7.39. The normalized spacial score (nSPS) is 36.7. The summed E-state index contributed by atoms with van der Waals surface area (Å²) in [6.07, 6.45) is 6.82. The smallest absolute Gasteiger partial charge is 0.230 e. The Balaban J connectivity index is 1.59. The predicted octanol–water partition coefficient (Wildman–Crippen LogP) is 3.56. The van der Waals surface area contributed by atoms with Crippen LogP contribution in [0.4, 0.5) is 15.8 Å². The molecule has 4 fully saturated rings. The lowest BCUT2D eigenvalue weighted by molar-refractivity contribution is -0.140. The number of hydrogen-bond acceptors (Lipinski definition) is 2. The van der Waals surface area contributed by atoms with Crippen LogP contribution < -0.4 is 11.1 Å². The summed E-state index contributed by atoms with van der Waals surface area (Å²) in [5, 5.41) is 2.81. The van der Waals surface area contributed by atoms with Crippen LogP contribution in [0.5, 0.6) is 0 Å². The van der Waals surface area contributed by atoms with Gasteiger partial charge in [0.2, 0.25) is 5.91 Å². The Morgan fingerprint density at radius 1 is 1.14 bits per heavy atom. The van der Waals surface area contributed by atoms with E-state index >= 15 is 0 Å². The highest BCUT2D eigenvalue weighted by Gasteiger charge is 2.54. The molecule has 4 bridgehead atoms. The summed E-state index contributed by atoms with van der Waals surface area (Å²) in [6, 6.07) is 4.33. The summed E-state index contributed by atoms with van der Waals surface area (Å²) in [6.45, 7) is 0. The largest absolute Gasteiger partial charge is 0.399 e. The van der Waals surface area contributed by atoms with Crippen LogP contribution in [-0.2, 0) is 4.79 Å². The number of nitrogen functional groups attached to an aromatic ring is 1. The van der Waals surface area contributed by atoms with Crippen LogP contribution in [-0.4, -0.2) is 5.91 Å². The Morgan fingerprint density at radius 2 is 1.71 bits per heavy atom. The molecule has 0 saturated heterocycles. The summed E-state index contributed by atoms with van der Waals surface area (Å²) in [7, 11) is 0. The molecule has 0 aliphatic heterocycles. The van der Waals surface area contributed by atoms with Gasteiger partial charge in [0.05, 0.1) is 11.1 Å². The summed E-state index contributed by atoms with van der Waals surface area (Å²) < 4.78 is 13.8. The van der Waals surface area contributed by atoms with Crippen LogP contribution in [0.2, 0.25) is 0 Å². The van der Waals surface area contributed by atoms with Crippen molar-refractivity contribution in [3.8, 4) is 0 Å². The van der Waals surface area contributed by atoms with Crippen LogP contribution in [0, 0.1) is 29.0 Å². The zero-order valence-electron chi connectivity index (χ0n) is 12.1. The molecule has 1 aromatic rings. The van der Waals surface area contributed by atoms with Gasteiger partial charge in [-0.3, -0.25) is 4.79 Å². The molecule has 3 N–H and O–H groups in total. The molecule has 0 atom stereocenters. The Morgan fingerprint density at radius 3 is 2.29 bits per heavy atom. The van der Waals surface area contributed by atoms with E-state index in [4.69, 9.17) is 5.73 Å². The molecule has 0 radical (unpaired) electrons. The molecule has 5 rings (SSSR count). The van der Waals surface area contributed by atoms with E-state index in [1.54, 1.807) is 0 Å². The molecule has 4 heteroatoms. The molecule has 1 aromatic carbocycles. The van der Waals surface area contributed by atoms with Crippen LogP contribution in [0.25, 0.3) is 0 Å². The minimum absolute atomic E-state index is 0.00565. The minimum atomic E-state index is -0.415. The van der Waals surface area contributed by atoms with E-state index in [0.717, 1.165) is 19.3 Å². The highest BCUT2D eigenvalue weighted by atomic mass is 19.1. The van der Waals surface area contributed by atoms with Gasteiger partial charge >= 0.3 is 0 Å². The Hall–Kier alpha value is -1.58. The number of amides is 1. The van der Waals surface area contributed by atoms with Crippen molar-refractivity contribution < 1.29 is 9.18 Å². The number of nitrogens with two attached hydrogens (primary N) is 1. The average Bonchev–Trinajstić information content (AvgIpc) is 2.41. The fraction of sp³-hybridized carbons (Fsp3) is 0.588. The monoisotopic (exact) mass is 288 g/mol. The van der Waals surface area contributed by atoms with Crippen LogP contribution >= 0.6 is 0 Å². The maximum Gasteiger partial charge on any atom is 0.230 e. The zero-order chi connectivity index (χ0) is 14.6. The molecular formula is C17H21FN2O. The van der Waals surface area contributed by atoms with E-state index in [9.17, 15) is 9.18 Å². The molecule has 112 valence electrons. The molecule has 3 nitrogen and oxygen atoms in total. The zero-order valence-corrected chi connectivity index (χ0v) is 12.1. The first-order valence-electron chi connectivity index (χ1n) is 7.90. The highest BCUT2D eigenvalue weighted by Crippen LogP contribution is 2.60. The quantitative estimate of drug-likeness (QED) is 0.817. The van der Waals surface area contributed by atoms with E-state index in [0.29, 0.717) is 23.4 Å². The summed E-state index contributed by atoms with van der Waals surface area (Å²) in [4.78, 5) is 12.8. The first-order valence-corrected chi connectivity index (χ1v) is 7.90. The van der Waals surface area contributed by atoms with Gasteiger partial charge in [0.25, 0.3) is 0 Å². The van der Waals surface area contributed by atoms with Crippen molar-refractivity contribution in [2.75, 3.05) is 11.1 Å². The molecule has 0 aromatic heterocycles. The third kappa shape index (κ3) is 2.12. The molecule has 0 unspecified atom stereocenters. The van der Waals surface area contributed by atoms with Crippen molar-refractivity contribution in [1.29, 1.82) is 0 Å². The summed E-state index contributed by atoms with van der Waals surface area (Å²) in [5.41, 5.74) is 6.12. The summed E-state index contributed by atoms with van der Waals surface area (Å²) in [5.74, 6) is 1.70. The van der Waals surface area contributed by atoms with Crippen LogP contribution in [0.15, 0.2) is 18.2 Å². The first kappa shape index (κ1) is 13.1. The second kappa shape index (κ2) is 4.46. The molecule has 4 aliphatic carbocycles. The van der Waals surface area contributed by atoms with Crippen molar-refractivity contribution in [1.82, 2.24) is 0 Å². The average molecular weight is 288 g/mol. The molecular weight excluding hydrogens is 267 g/mol. The summed E-state index contributed by atoms with van der Waals surface area (Å²) >= 11 is 0. The van der Waals surface area contributed by atoms with E-state index < -0.39 is 5.82 Å². The van der Waals surface area contributed by atoms with Gasteiger partial charge in [0.1, 0.15) is 5.82 Å². The highest BCUT2D eigenvalue weighted by molar-refractivity contribution is 5.96. The lowest BCUT2D eigenvalue weighted by atomic mass is 9.49. The van der Waals surface area contributed by atoms with Crippen molar-refractivity contribution in [2.24, 2.45) is 23.2 Å². The number of halogens is 1. The number of carbonyl (C=O) groups excluding carboxylic acids is 1. The first-order chi connectivity index (χ1) is 10.0. The molecule has 1 amide bonds. The Bertz CT molecular complexity index is 563. The molecule has 0 spiro atoms. The SMILES string of the molecule is Nc1ccc(F)c(NC(=O)C23CC4CC(CC(C4)C2)C3)c1. The van der Waals surface area contributed by atoms with Gasteiger partial charge in [-0.2, -0.15) is 0 Å². The molecule has 4 saturated carbocycles. The van der Waals surface area contributed by atoms with Gasteiger partial charge in [0, 0.05) is 5.69 Å². The lowest BCUT2D eigenvalue weighted by Gasteiger charge is -2.55. The van der Waals surface area contributed by atoms with Crippen LogP contribution in [0.3, 0.4) is 0 Å². The van der Waals surface area contributed by atoms with Gasteiger partial charge in [-0.05, 0) is 74.5 Å². The maximum atomic E-state index is 13.8. The number of anilines is 2. The number of carbonyl (C=O) groups is 1. The maximum absolute atomic E-state index is 13.8. The Kier molecular flexibility index (Phi) is 2.78. The van der Waals surface area contributed by atoms with E-state index in [1.165, 1.54) is 37.5 Å². The molecule has 4 aliphatic rings. The van der Waals surface area contributed by atoms with E-state index in [2.05, 4.69) is 5.32 Å². The number of hydrogen-bond donors (Lipinski definition) is 2. The fourth-order valence-electron chi connectivity index (χ4n) is 5.28. The lowest BCUT2D eigenvalue weighted by Crippen LogP contribution is -2.51. The van der Waals surface area contributed by atoms with Gasteiger partial charge in [-0.15, -0.1) is 0 Å². The fourth-order valence-corrected chi connectivity index (χ4v) is 5.28. The van der Waals surface area contributed by atoms with Gasteiger partial charge in [-0.1, -0.05) is 0 Å². The van der Waals surface area contributed by atoms with Crippen molar-refractivity contribution in [3.05, 3.63) is 24.0 Å². The number of benzene rings is 1. The number of nitrogens with one attached hydrogen (secondary N) is 1. The predicted molar refractivity (Wildman–Crippen MR) is 80.0 cm³/mol. The van der Waals surface area contributed by atoms with E-state index in [1.807, 2.05) is 0 Å². The standard InChI is InChI=1S/C17H21FN2O/c18-14-2-1-13(19)6-15(14)20-16(21)17-7-10-3-11(8-17)5-12(4-10)9-17/h1-2,6,10-12H,3-5,7-9,19H2,(H,20,21). The van der Waals surface area contributed by atoms with Gasteiger partial charge < -0.3 is 11.1 Å². The third-order valence-electron chi connectivity index (χ3n) is 5.76. The molecule has 0 heterocycles. The van der Waals surface area contributed by atoms with Crippen molar-refractivity contribution in [2.45, 2.75) is 38.5 Å². The topological polar surface area (TPSA) is 55.1 Å². The van der Waals surface area contributed by atoms with Gasteiger partial charge in [0.15, 0.2) is 0 Å². The van der Waals surface area contributed by atoms with Crippen molar-refractivity contribution in [3.63, 3.8) is 0 Å². The van der Waals surface area contributed by atoms with Gasteiger partial charge in [-0.25, -0.2) is 4.39 Å². The Labute approximate surface area is 124 Å². The third-order valence-corrected chi connectivity index (χ3v) is 5.76. The second-order valence-electron chi connectivity index (χ2n) is 7.39. The number of rotatable bonds is 2. The van der Waals surface area contributed by atoms with E-state index in [-0.39, 0.29) is 17.0 Å².